The molecule has 2 aliphatic carbocycles. The lowest BCUT2D eigenvalue weighted by atomic mass is 10.1. The Labute approximate surface area is 166 Å². The number of piperidine rings is 1. The molecule has 0 radical (unpaired) electrons. The summed E-state index contributed by atoms with van der Waals surface area (Å²) in [5.41, 5.74) is 12.0. The largest absolute Gasteiger partial charge is 0.469 e. The van der Waals surface area contributed by atoms with Gasteiger partial charge in [-0.25, -0.2) is 15.8 Å². The molecule has 11 heteroatoms. The quantitative estimate of drug-likeness (QED) is 0.346. The Morgan fingerprint density at radius 1 is 1.45 bits per heavy atom. The molecule has 1 saturated heterocycles. The fourth-order valence-corrected chi connectivity index (χ4v) is 4.68. The van der Waals surface area contributed by atoms with Crippen molar-refractivity contribution < 1.29 is 18.3 Å². The predicted octanol–water partition coefficient (Wildman–Crippen LogP) is -0.0962. The van der Waals surface area contributed by atoms with Crippen LogP contribution in [-0.4, -0.2) is 53.7 Å². The minimum Gasteiger partial charge on any atom is -0.469 e. The molecule has 3 atom stereocenters. The number of rotatable bonds is 5. The van der Waals surface area contributed by atoms with Crippen LogP contribution in [0.3, 0.4) is 0 Å². The van der Waals surface area contributed by atoms with Crippen LogP contribution in [0.1, 0.15) is 29.9 Å². The molecule has 0 unspecified atom stereocenters. The second-order valence-electron chi connectivity index (χ2n) is 8.05. The zero-order valence-electron chi connectivity index (χ0n) is 16.4. The Bertz CT molecular complexity index is 891. The molecule has 1 aromatic heterocycles. The number of aromatic nitrogens is 2. The van der Waals surface area contributed by atoms with E-state index < -0.39 is 11.5 Å². The highest BCUT2D eigenvalue weighted by molar-refractivity contribution is 5.71. The monoisotopic (exact) mass is 409 g/mol. The molecule has 1 saturated carbocycles. The average Bonchev–Trinajstić information content (AvgIpc) is 2.94. The van der Waals surface area contributed by atoms with Crippen LogP contribution in [0.5, 0.6) is 0 Å². The van der Waals surface area contributed by atoms with Crippen molar-refractivity contribution in [3.63, 3.8) is 0 Å². The number of hydrazine groups is 1. The minimum atomic E-state index is -3.04. The molecular weight excluding hydrogens is 384 g/mol. The Hall–Kier alpha value is -2.53. The van der Waals surface area contributed by atoms with Crippen molar-refractivity contribution in [1.29, 1.82) is 0 Å². The van der Waals surface area contributed by atoms with Gasteiger partial charge in [0.2, 0.25) is 0 Å². The highest BCUT2D eigenvalue weighted by atomic mass is 19.3. The molecule has 3 aliphatic rings. The van der Waals surface area contributed by atoms with E-state index in [1.54, 1.807) is 0 Å². The van der Waals surface area contributed by atoms with Gasteiger partial charge in [-0.1, -0.05) is 0 Å². The van der Waals surface area contributed by atoms with E-state index in [1.807, 2.05) is 4.90 Å². The van der Waals surface area contributed by atoms with Crippen molar-refractivity contribution in [3.8, 4) is 0 Å². The molecule has 2 heterocycles. The van der Waals surface area contributed by atoms with E-state index in [2.05, 4.69) is 9.97 Å². The zero-order chi connectivity index (χ0) is 21.1. The first-order valence-corrected chi connectivity index (χ1v) is 9.43. The highest BCUT2D eigenvalue weighted by Gasteiger charge is 2.67. The summed E-state index contributed by atoms with van der Waals surface area (Å²) in [4.78, 5) is 22.1. The lowest BCUT2D eigenvalue weighted by molar-refractivity contribution is -0.141. The van der Waals surface area contributed by atoms with Gasteiger partial charge >= 0.3 is 5.97 Å². The lowest BCUT2D eigenvalue weighted by Gasteiger charge is -2.26. The fraction of sp³-hybridized carbons (Fsp3) is 0.611. The summed E-state index contributed by atoms with van der Waals surface area (Å²) >= 11 is 0. The molecule has 0 amide bonds. The molecule has 158 valence electrons. The van der Waals surface area contributed by atoms with E-state index in [9.17, 15) is 13.6 Å². The van der Waals surface area contributed by atoms with Crippen LogP contribution < -0.4 is 22.2 Å². The summed E-state index contributed by atoms with van der Waals surface area (Å²) in [5, 5.41) is 1.19. The van der Waals surface area contributed by atoms with Gasteiger partial charge in [-0.05, 0) is 12.3 Å². The van der Waals surface area contributed by atoms with E-state index in [-0.39, 0.29) is 54.3 Å². The van der Waals surface area contributed by atoms with Crippen molar-refractivity contribution in [1.82, 2.24) is 15.0 Å². The number of halogens is 2. The van der Waals surface area contributed by atoms with Crippen LogP contribution in [0.2, 0.25) is 0 Å². The minimum absolute atomic E-state index is 0.0247. The van der Waals surface area contributed by atoms with Gasteiger partial charge in [-0.15, -0.1) is 0 Å². The average molecular weight is 409 g/mol. The van der Waals surface area contributed by atoms with Crippen molar-refractivity contribution in [3.05, 3.63) is 23.3 Å². The van der Waals surface area contributed by atoms with E-state index in [4.69, 9.17) is 22.0 Å². The van der Waals surface area contributed by atoms with Gasteiger partial charge < -0.3 is 26.1 Å². The Balaban J connectivity index is 1.67. The third-order valence-corrected chi connectivity index (χ3v) is 6.34. The number of carbonyl (C=O) groups is 1. The van der Waals surface area contributed by atoms with Crippen LogP contribution in [0.15, 0.2) is 6.20 Å². The number of hydrogen-bond donors (Lipinski definition) is 3. The Morgan fingerprint density at radius 2 is 2.17 bits per heavy atom. The molecule has 2 fully saturated rings. The first-order valence-electron chi connectivity index (χ1n) is 9.43. The van der Waals surface area contributed by atoms with Gasteiger partial charge in [-0.3, -0.25) is 4.79 Å². The number of ether oxygens (including phenoxy) is 1. The van der Waals surface area contributed by atoms with Gasteiger partial charge in [0, 0.05) is 49.8 Å². The molecule has 0 spiro atoms. The number of methoxy groups -OCH3 is 1. The number of fused-ring (bicyclic) bond motifs is 2. The SMILES string of the molecule is COC(=O)C[C@@H]1[C@H]2CN(c3nc(/C(=C/N)N(C)N)nc4c3CCC4(F)F)C[C@@]12N. The number of anilines is 1. The summed E-state index contributed by atoms with van der Waals surface area (Å²) in [6.07, 6.45) is 1.32. The number of alkyl halides is 2. The molecule has 4 rings (SSSR count). The summed E-state index contributed by atoms with van der Waals surface area (Å²) < 4.78 is 33.7. The van der Waals surface area contributed by atoms with Gasteiger partial charge in [-0.2, -0.15) is 8.78 Å². The molecule has 1 aromatic rings. The van der Waals surface area contributed by atoms with Crippen LogP contribution in [0.4, 0.5) is 14.6 Å². The first-order chi connectivity index (χ1) is 13.6. The number of carbonyl (C=O) groups excluding carboxylic acids is 1. The van der Waals surface area contributed by atoms with Gasteiger partial charge in [0.25, 0.3) is 5.92 Å². The third-order valence-electron chi connectivity index (χ3n) is 6.34. The second-order valence-corrected chi connectivity index (χ2v) is 8.05. The molecule has 29 heavy (non-hydrogen) atoms. The Kier molecular flexibility index (Phi) is 4.43. The highest BCUT2D eigenvalue weighted by Crippen LogP contribution is 2.57. The van der Waals surface area contributed by atoms with Crippen LogP contribution in [0, 0.1) is 11.8 Å². The smallest absolute Gasteiger partial charge is 0.305 e. The molecule has 1 aliphatic heterocycles. The van der Waals surface area contributed by atoms with Crippen LogP contribution in [-0.2, 0) is 21.9 Å². The van der Waals surface area contributed by atoms with E-state index >= 15 is 0 Å². The van der Waals surface area contributed by atoms with Gasteiger partial charge in [0.1, 0.15) is 17.2 Å². The maximum Gasteiger partial charge on any atom is 0.305 e. The predicted molar refractivity (Wildman–Crippen MR) is 101 cm³/mol. The lowest BCUT2D eigenvalue weighted by Crippen LogP contribution is -2.38. The number of esters is 1. The summed E-state index contributed by atoms with van der Waals surface area (Å²) in [6.45, 7) is 0.959. The van der Waals surface area contributed by atoms with Crippen molar-refractivity contribution >= 4 is 17.5 Å². The van der Waals surface area contributed by atoms with Gasteiger partial charge in [0.15, 0.2) is 5.82 Å². The number of nitrogens with two attached hydrogens (primary N) is 3. The van der Waals surface area contributed by atoms with Crippen molar-refractivity contribution in [2.24, 2.45) is 29.1 Å². The maximum absolute atomic E-state index is 14.5. The van der Waals surface area contributed by atoms with E-state index in [1.165, 1.54) is 25.4 Å². The number of nitrogens with zero attached hydrogens (tertiary/aromatic N) is 4. The fourth-order valence-electron chi connectivity index (χ4n) is 4.68. The third kappa shape index (κ3) is 2.99. The van der Waals surface area contributed by atoms with E-state index in [0.29, 0.717) is 24.5 Å². The van der Waals surface area contributed by atoms with Crippen LogP contribution in [0.25, 0.3) is 5.70 Å². The zero-order valence-corrected chi connectivity index (χ0v) is 16.4. The summed E-state index contributed by atoms with van der Waals surface area (Å²) in [5.74, 6) is 3.03. The molecule has 6 N–H and O–H groups in total. The normalized spacial score (nSPS) is 29.4. The molecule has 9 nitrogen and oxygen atoms in total. The maximum atomic E-state index is 14.5. The van der Waals surface area contributed by atoms with Crippen molar-refractivity contribution in [2.45, 2.75) is 30.7 Å². The van der Waals surface area contributed by atoms with E-state index in [0.717, 1.165) is 0 Å². The van der Waals surface area contributed by atoms with Crippen molar-refractivity contribution in [2.75, 3.05) is 32.1 Å². The second kappa shape index (κ2) is 6.49. The first kappa shape index (κ1) is 19.8. The van der Waals surface area contributed by atoms with Gasteiger partial charge in [0.05, 0.1) is 13.5 Å². The summed E-state index contributed by atoms with van der Waals surface area (Å²) in [7, 11) is 2.88. The topological polar surface area (TPSA) is 137 Å². The van der Waals surface area contributed by atoms with Crippen LogP contribution >= 0.6 is 0 Å². The Morgan fingerprint density at radius 3 is 2.72 bits per heavy atom. The molecule has 0 aromatic carbocycles. The molecule has 0 bridgehead atoms. The standard InChI is InChI=1S/C18H25F2N7O2/c1-26(23)12(6-21)15-24-14-9(3-4-18(14,19)20)16(25-15)27-7-11-10(5-13(28)29-2)17(11,22)8-27/h6,10-11H,3-5,7-8,21-23H2,1-2H3/b12-6-/t10-,11-,17-/m1/s1. The molecular formula is C18H25F2N7O2. The summed E-state index contributed by atoms with van der Waals surface area (Å²) in [6, 6.07) is 0. The number of hydrogen-bond acceptors (Lipinski definition) is 9.